The van der Waals surface area contributed by atoms with Crippen LogP contribution in [0.2, 0.25) is 0 Å². The number of aldehydes is 1. The standard InChI is InChI=1S/C17H15NO4.C13H17NO3.C8H14NOS.C6H5NO.C3H5I3.BrH/c19-14(4-5-15(20)13-2-1-7-18-11-13)12-3-6-16-17(10-12)22-9-8-21-16;1-14(2)6-5-11(15)10-3-4-12-13(9-10)17-8-7-16-12;1-3-9-6-11-8(4-5-10)7(9)2;8-5-6-2-1-3-7-4-6;1-2-3(4,5)6;/h1-3,6-7,10-11H,4-5,8-9H2;3-4,9H,5-8H2,1-2H3;6,10H,3-5H2,1-2H3;1-5H;2H2,1H3;1H/q;;+1;;;/p-1. The van der Waals surface area contributed by atoms with Gasteiger partial charge >= 0.3 is 0 Å². The van der Waals surface area contributed by atoms with E-state index in [0.717, 1.165) is 31.5 Å². The highest BCUT2D eigenvalue weighted by molar-refractivity contribution is 14.3. The van der Waals surface area contributed by atoms with Crippen molar-refractivity contribution in [2.24, 2.45) is 0 Å². The van der Waals surface area contributed by atoms with Gasteiger partial charge in [-0.2, -0.15) is 4.57 Å². The first-order chi connectivity index (χ1) is 30.7. The van der Waals surface area contributed by atoms with Crippen LogP contribution in [-0.4, -0.2) is 96.7 Å². The van der Waals surface area contributed by atoms with Gasteiger partial charge in [0.1, 0.15) is 32.4 Å². The average Bonchev–Trinajstić information content (AvgIpc) is 3.68. The number of aliphatic hydroxyl groups is 1. The van der Waals surface area contributed by atoms with E-state index in [9.17, 15) is 19.2 Å². The van der Waals surface area contributed by atoms with Crippen molar-refractivity contribution >= 4 is 103 Å². The number of ketones is 3. The molecule has 5 aromatic rings. The van der Waals surface area contributed by atoms with Gasteiger partial charge in [-0.1, -0.05) is 86.0 Å². The van der Waals surface area contributed by atoms with Crippen molar-refractivity contribution < 1.29 is 64.8 Å². The first kappa shape index (κ1) is 58.0. The second-order valence-electron chi connectivity index (χ2n) is 14.1. The highest BCUT2D eigenvalue weighted by Gasteiger charge is 2.18. The fourth-order valence-corrected chi connectivity index (χ4v) is 6.56. The van der Waals surface area contributed by atoms with Crippen LogP contribution < -0.4 is 40.5 Å². The van der Waals surface area contributed by atoms with E-state index in [4.69, 9.17) is 24.1 Å². The number of aromatic nitrogens is 3. The zero-order chi connectivity index (χ0) is 46.9. The summed E-state index contributed by atoms with van der Waals surface area (Å²) in [5.74, 6) is 2.58. The number of benzene rings is 2. The summed E-state index contributed by atoms with van der Waals surface area (Å²) in [4.78, 5) is 57.0. The molecule has 5 heterocycles. The summed E-state index contributed by atoms with van der Waals surface area (Å²) in [7, 11) is 3.91. The Morgan fingerprint density at radius 2 is 1.26 bits per heavy atom. The normalized spacial score (nSPS) is 11.8. The van der Waals surface area contributed by atoms with Gasteiger partial charge in [-0.15, -0.1) is 0 Å². The molecule has 1 N–H and O–H groups in total. The predicted octanol–water partition coefficient (Wildman–Crippen LogP) is 6.44. The number of aryl methyl sites for hydroxylation is 1. The molecule has 0 spiro atoms. The van der Waals surface area contributed by atoms with Crippen molar-refractivity contribution in [2.45, 2.75) is 58.9 Å². The van der Waals surface area contributed by atoms with Gasteiger partial charge < -0.3 is 45.9 Å². The van der Waals surface area contributed by atoms with Crippen LogP contribution in [0.5, 0.6) is 23.0 Å². The molecule has 0 saturated heterocycles. The van der Waals surface area contributed by atoms with Crippen LogP contribution in [0.3, 0.4) is 0 Å². The molecule has 0 atom stereocenters. The summed E-state index contributed by atoms with van der Waals surface area (Å²) in [5, 5.41) is 8.72. The van der Waals surface area contributed by atoms with Gasteiger partial charge in [-0.05, 0) is 88.1 Å². The number of aliphatic hydroxyl groups excluding tert-OH is 1. The topological polar surface area (TPSA) is 158 Å². The summed E-state index contributed by atoms with van der Waals surface area (Å²) in [5.41, 5.74) is 5.77. The van der Waals surface area contributed by atoms with E-state index in [1.54, 1.807) is 84.4 Å². The largest absolute Gasteiger partial charge is 1.00 e. The Hall–Kier alpha value is -3.16. The second kappa shape index (κ2) is 31.7. The van der Waals surface area contributed by atoms with Gasteiger partial charge in [0.05, 0.1) is 4.88 Å². The monoisotopic (exact) mass is 1310 g/mol. The van der Waals surface area contributed by atoms with Crippen LogP contribution >= 0.6 is 79.1 Å². The molecule has 2 aromatic carbocycles. The summed E-state index contributed by atoms with van der Waals surface area (Å²) in [6.45, 7) is 10.6. The van der Waals surface area contributed by atoms with E-state index in [-0.39, 0.29) is 53.8 Å². The van der Waals surface area contributed by atoms with Crippen LogP contribution in [-0.2, 0) is 13.0 Å². The summed E-state index contributed by atoms with van der Waals surface area (Å²) in [6, 6.07) is 17.3. The van der Waals surface area contributed by atoms with E-state index in [1.165, 1.54) is 29.4 Å². The molecule has 2 aliphatic heterocycles. The van der Waals surface area contributed by atoms with Crippen LogP contribution in [0.4, 0.5) is 0 Å². The summed E-state index contributed by atoms with van der Waals surface area (Å²) in [6.07, 6.45) is 9.91. The van der Waals surface area contributed by atoms with Crippen molar-refractivity contribution in [3.63, 3.8) is 0 Å². The Morgan fingerprint density at radius 3 is 1.66 bits per heavy atom. The van der Waals surface area contributed by atoms with Gasteiger partial charge in [0, 0.05) is 92.8 Å². The zero-order valence-corrected chi connectivity index (χ0v) is 46.0. The Kier molecular flexibility index (Phi) is 28.3. The smallest absolute Gasteiger partial charge is 0.225 e. The molecule has 18 heteroatoms. The van der Waals surface area contributed by atoms with E-state index in [0.29, 0.717) is 71.8 Å². The van der Waals surface area contributed by atoms with Gasteiger partial charge in [0.25, 0.3) is 0 Å². The maximum atomic E-state index is 12.2. The number of alkyl halides is 3. The van der Waals surface area contributed by atoms with Crippen LogP contribution in [0, 0.1) is 6.92 Å². The summed E-state index contributed by atoms with van der Waals surface area (Å²) < 4.78 is 24.4. The van der Waals surface area contributed by atoms with Crippen molar-refractivity contribution in [3.8, 4) is 23.0 Å². The molecular weight excluding hydrogens is 1260 g/mol. The first-order valence-electron chi connectivity index (χ1n) is 20.6. The molecule has 0 aliphatic carbocycles. The molecule has 3 aromatic heterocycles. The highest BCUT2D eigenvalue weighted by Crippen LogP contribution is 2.38. The minimum Gasteiger partial charge on any atom is -1.00 e. The Labute approximate surface area is 437 Å². The third-order valence-electron chi connectivity index (χ3n) is 9.13. The average molecular weight is 1310 g/mol. The SMILES string of the molecule is CCC(I)(I)I.CC[n+]1csc(CCO)c1C.CN(C)CCC(=O)c1ccc2c(c1)OCCO2.O=C(CCC(=O)c1ccc2c(c1)OCCO2)c1cccnc1.O=Cc1cccnc1.[Br-]. The zero-order valence-electron chi connectivity index (χ0n) is 37.1. The quantitative estimate of drug-likeness (QED) is 0.0427. The second-order valence-corrected chi connectivity index (χ2v) is 26.8. The number of hydrogen-bond donors (Lipinski definition) is 1. The number of hydrogen-bond acceptors (Lipinski definition) is 13. The van der Waals surface area contributed by atoms with Crippen LogP contribution in [0.1, 0.15) is 91.5 Å². The summed E-state index contributed by atoms with van der Waals surface area (Å²) >= 11 is 8.97. The molecule has 13 nitrogen and oxygen atoms in total. The van der Waals surface area contributed by atoms with Gasteiger partial charge in [-0.25, -0.2) is 0 Å². The number of pyridine rings is 2. The number of ether oxygens (including phenoxy) is 4. The van der Waals surface area contributed by atoms with Crippen LogP contribution in [0.25, 0.3) is 0 Å². The minimum atomic E-state index is -0.0887. The number of Topliss-reactive ketones (excluding diaryl/α,β-unsaturated/α-hetero) is 3. The predicted molar refractivity (Wildman–Crippen MR) is 275 cm³/mol. The molecule has 0 saturated carbocycles. The fourth-order valence-electron chi connectivity index (χ4n) is 5.50. The number of carbonyl (C=O) groups is 4. The minimum absolute atomic E-state index is 0. The number of rotatable bonds is 14. The maximum Gasteiger partial charge on any atom is 0.225 e. The molecule has 7 rings (SSSR count). The van der Waals surface area contributed by atoms with Crippen molar-refractivity contribution in [2.75, 3.05) is 53.7 Å². The molecule has 0 amide bonds. The van der Waals surface area contributed by atoms with Crippen LogP contribution in [0.15, 0.2) is 91.0 Å². The van der Waals surface area contributed by atoms with E-state index < -0.39 is 0 Å². The molecule has 65 heavy (non-hydrogen) atoms. The lowest BCUT2D eigenvalue weighted by Gasteiger charge is -2.18. The lowest BCUT2D eigenvalue weighted by atomic mass is 10.0. The first-order valence-corrected chi connectivity index (χ1v) is 24.7. The van der Waals surface area contributed by atoms with Crippen molar-refractivity contribution in [1.82, 2.24) is 14.9 Å². The van der Waals surface area contributed by atoms with Gasteiger partial charge in [0.15, 0.2) is 52.3 Å². The molecule has 0 fully saturated rings. The highest BCUT2D eigenvalue weighted by atomic mass is 127. The molecule has 0 bridgehead atoms. The number of thiazole rings is 1. The Balaban J connectivity index is 0.000000300. The Bertz CT molecular complexity index is 2210. The molecule has 0 radical (unpaired) electrons. The number of halogens is 4. The van der Waals surface area contributed by atoms with E-state index in [2.05, 4.69) is 109 Å². The molecule has 352 valence electrons. The van der Waals surface area contributed by atoms with E-state index >= 15 is 0 Å². The third kappa shape index (κ3) is 22.0. The number of carbonyl (C=O) groups excluding carboxylic acids is 4. The lowest BCUT2D eigenvalue weighted by molar-refractivity contribution is -0.694. The van der Waals surface area contributed by atoms with E-state index in [1.807, 2.05) is 19.0 Å². The van der Waals surface area contributed by atoms with Gasteiger partial charge in [-0.3, -0.25) is 29.1 Å². The Morgan fingerprint density at radius 1 is 0.769 bits per heavy atom. The van der Waals surface area contributed by atoms with Crippen molar-refractivity contribution in [3.05, 3.63) is 124 Å². The number of fused-ring (bicyclic) bond motifs is 2. The maximum absolute atomic E-state index is 12.2. The van der Waals surface area contributed by atoms with Crippen molar-refractivity contribution in [1.29, 1.82) is 0 Å². The number of nitrogens with zero attached hydrogens (tertiary/aromatic N) is 4. The molecule has 0 unspecified atom stereocenters. The lowest BCUT2D eigenvalue weighted by Crippen LogP contribution is -3.00. The molecular formula is C47H56BrI3N4O9S. The fraction of sp³-hybridized carbons (Fsp3) is 0.383. The third-order valence-corrected chi connectivity index (χ3v) is 12.6. The molecule has 2 aliphatic rings. The van der Waals surface area contributed by atoms with Gasteiger partial charge in [0.2, 0.25) is 5.51 Å².